The van der Waals surface area contributed by atoms with E-state index in [4.69, 9.17) is 31.5 Å². The van der Waals surface area contributed by atoms with E-state index in [2.05, 4.69) is 35.8 Å². The molecule has 9 heteroatoms. The van der Waals surface area contributed by atoms with Crippen LogP contribution in [0.25, 0.3) is 0 Å². The molecule has 0 amide bonds. The van der Waals surface area contributed by atoms with Crippen LogP contribution in [0, 0.1) is 16.7 Å². The maximum atomic E-state index is 13.7. The summed E-state index contributed by atoms with van der Waals surface area (Å²) in [5, 5.41) is 10.9. The summed E-state index contributed by atoms with van der Waals surface area (Å²) in [7, 11) is 1.62. The van der Waals surface area contributed by atoms with Gasteiger partial charge in [0.1, 0.15) is 12.4 Å². The van der Waals surface area contributed by atoms with Crippen LogP contribution in [0.5, 0.6) is 11.5 Å². The summed E-state index contributed by atoms with van der Waals surface area (Å²) in [5.74, 6) is 0.777. The lowest BCUT2D eigenvalue weighted by Crippen LogP contribution is -2.43. The molecule has 2 aromatic carbocycles. The number of allylic oxidation sites excluding steroid dienone is 3. The summed E-state index contributed by atoms with van der Waals surface area (Å²) in [6, 6.07) is 13.5. The highest BCUT2D eigenvalue weighted by atomic mass is 79.9. The number of nitriles is 1. The van der Waals surface area contributed by atoms with Crippen molar-refractivity contribution in [2.45, 2.75) is 46.1 Å². The molecule has 0 unspecified atom stereocenters. The number of ketones is 1. The van der Waals surface area contributed by atoms with E-state index in [9.17, 15) is 10.1 Å². The second-order valence-corrected chi connectivity index (χ2v) is 11.8. The van der Waals surface area contributed by atoms with Crippen LogP contribution < -0.4 is 15.2 Å². The zero-order valence-corrected chi connectivity index (χ0v) is 25.0. The first kappa shape index (κ1) is 29.0. The number of rotatable bonds is 9. The Hall–Kier alpha value is -2.99. The number of hydrogen-bond donors (Lipinski definition) is 1. The zero-order chi connectivity index (χ0) is 28.3. The number of nitrogens with two attached hydrogens (primary N) is 1. The molecule has 39 heavy (non-hydrogen) atoms. The van der Waals surface area contributed by atoms with Crippen LogP contribution >= 0.6 is 27.5 Å². The van der Waals surface area contributed by atoms with Gasteiger partial charge >= 0.3 is 0 Å². The lowest BCUT2D eigenvalue weighted by molar-refractivity contribution is -0.118. The van der Waals surface area contributed by atoms with Gasteiger partial charge in [0, 0.05) is 36.4 Å². The molecular formula is C30H33BrClN3O4. The molecule has 0 saturated carbocycles. The highest BCUT2D eigenvalue weighted by molar-refractivity contribution is 9.10. The number of carbonyl (C=O) groups excluding carboxylic acids is 1. The van der Waals surface area contributed by atoms with Gasteiger partial charge in [0.05, 0.1) is 35.2 Å². The van der Waals surface area contributed by atoms with Crippen molar-refractivity contribution in [3.05, 3.63) is 79.7 Å². The number of benzene rings is 2. The summed E-state index contributed by atoms with van der Waals surface area (Å²) in [6.07, 6.45) is 1.05. The van der Waals surface area contributed by atoms with Gasteiger partial charge in [-0.2, -0.15) is 5.26 Å². The molecule has 2 aromatic rings. The van der Waals surface area contributed by atoms with Gasteiger partial charge in [0.25, 0.3) is 0 Å². The molecule has 0 radical (unpaired) electrons. The van der Waals surface area contributed by atoms with E-state index < -0.39 is 5.92 Å². The second-order valence-electron chi connectivity index (χ2n) is 10.5. The summed E-state index contributed by atoms with van der Waals surface area (Å²) < 4.78 is 18.1. The van der Waals surface area contributed by atoms with Gasteiger partial charge in [0.2, 0.25) is 0 Å². The van der Waals surface area contributed by atoms with Gasteiger partial charge in [0.15, 0.2) is 17.3 Å². The number of hydrogen-bond acceptors (Lipinski definition) is 7. The molecule has 0 aromatic heterocycles. The highest BCUT2D eigenvalue weighted by Gasteiger charge is 2.44. The first-order valence-corrected chi connectivity index (χ1v) is 14.0. The Morgan fingerprint density at radius 3 is 2.67 bits per heavy atom. The van der Waals surface area contributed by atoms with E-state index in [1.165, 1.54) is 0 Å². The Morgan fingerprint density at radius 1 is 1.23 bits per heavy atom. The van der Waals surface area contributed by atoms with Crippen molar-refractivity contribution in [1.29, 1.82) is 5.26 Å². The lowest BCUT2D eigenvalue weighted by Gasteiger charge is -2.43. The largest absolute Gasteiger partial charge is 0.490 e. The Bertz CT molecular complexity index is 1380. The molecule has 2 aliphatic rings. The number of halogens is 2. The van der Waals surface area contributed by atoms with Crippen molar-refractivity contribution in [2.24, 2.45) is 11.1 Å². The molecular weight excluding hydrogens is 582 g/mol. The molecule has 206 valence electrons. The second kappa shape index (κ2) is 12.0. The van der Waals surface area contributed by atoms with Gasteiger partial charge in [-0.05, 0) is 70.1 Å². The molecule has 2 N–H and O–H groups in total. The SMILES string of the molecule is CCOc1cc([C@@H]2C(C#N)=C(N)N(CCOC)C3=C2C(=O)CC(C)(C)C3)cc(Br)c1OCc1cccc(Cl)c1. The molecule has 0 spiro atoms. The topological polar surface area (TPSA) is 97.8 Å². The highest BCUT2D eigenvalue weighted by Crippen LogP contribution is 2.50. The smallest absolute Gasteiger partial charge is 0.175 e. The first-order valence-electron chi connectivity index (χ1n) is 12.9. The Kier molecular flexibility index (Phi) is 8.95. The number of methoxy groups -OCH3 is 1. The Balaban J connectivity index is 1.82. The lowest BCUT2D eigenvalue weighted by atomic mass is 9.68. The molecule has 1 aliphatic carbocycles. The monoisotopic (exact) mass is 613 g/mol. The van der Waals surface area contributed by atoms with Crippen molar-refractivity contribution in [2.75, 3.05) is 26.9 Å². The number of ether oxygens (including phenoxy) is 3. The van der Waals surface area contributed by atoms with Crippen LogP contribution in [0.4, 0.5) is 0 Å². The van der Waals surface area contributed by atoms with Crippen molar-refractivity contribution in [3.63, 3.8) is 0 Å². The molecule has 0 fully saturated rings. The van der Waals surface area contributed by atoms with Gasteiger partial charge in [-0.1, -0.05) is 37.6 Å². The minimum atomic E-state index is -0.620. The van der Waals surface area contributed by atoms with E-state index in [-0.39, 0.29) is 17.8 Å². The van der Waals surface area contributed by atoms with Crippen LogP contribution in [0.2, 0.25) is 5.02 Å². The third-order valence-corrected chi connectivity index (χ3v) is 7.77. The standard InChI is InChI=1S/C30H33BrClN3O4/c1-5-38-25-13-19(12-22(31)28(25)39-17-18-7-6-8-20(32)11-18)26-21(16-33)29(34)35(9-10-37-4)23-14-30(2,3)15-24(36)27(23)26/h6-8,11-13,26H,5,9-10,14-15,17,34H2,1-4H3/t26-/m1/s1. The molecule has 0 saturated heterocycles. The van der Waals surface area contributed by atoms with Crippen LogP contribution in [-0.4, -0.2) is 37.6 Å². The molecule has 0 bridgehead atoms. The van der Waals surface area contributed by atoms with Crippen molar-refractivity contribution >= 4 is 33.3 Å². The first-order chi connectivity index (χ1) is 18.6. The summed E-state index contributed by atoms with van der Waals surface area (Å²) in [5.41, 5.74) is 9.84. The minimum Gasteiger partial charge on any atom is -0.490 e. The van der Waals surface area contributed by atoms with Crippen LogP contribution in [-0.2, 0) is 16.1 Å². The normalized spacial score (nSPS) is 18.6. The summed E-state index contributed by atoms with van der Waals surface area (Å²) in [4.78, 5) is 15.6. The fourth-order valence-corrected chi connectivity index (χ4v) is 6.07. The maximum absolute atomic E-state index is 13.7. The average Bonchev–Trinajstić information content (AvgIpc) is 2.86. The van der Waals surface area contributed by atoms with Crippen molar-refractivity contribution in [3.8, 4) is 17.6 Å². The van der Waals surface area contributed by atoms with Gasteiger partial charge in [-0.15, -0.1) is 0 Å². The molecule has 1 atom stereocenters. The van der Waals surface area contributed by atoms with E-state index in [0.717, 1.165) is 16.8 Å². The maximum Gasteiger partial charge on any atom is 0.175 e. The van der Waals surface area contributed by atoms with Crippen LogP contribution in [0.1, 0.15) is 50.7 Å². The summed E-state index contributed by atoms with van der Waals surface area (Å²) >= 11 is 9.79. The van der Waals surface area contributed by atoms with E-state index in [1.54, 1.807) is 7.11 Å². The van der Waals surface area contributed by atoms with Crippen molar-refractivity contribution in [1.82, 2.24) is 4.90 Å². The van der Waals surface area contributed by atoms with Gasteiger partial charge in [-0.25, -0.2) is 0 Å². The molecule has 1 aliphatic heterocycles. The fourth-order valence-electron chi connectivity index (χ4n) is 5.29. The third kappa shape index (κ3) is 6.11. The molecule has 4 rings (SSSR count). The fraction of sp³-hybridized carbons (Fsp3) is 0.400. The van der Waals surface area contributed by atoms with Gasteiger partial charge < -0.3 is 24.8 Å². The van der Waals surface area contributed by atoms with Gasteiger partial charge in [-0.3, -0.25) is 4.79 Å². The zero-order valence-electron chi connectivity index (χ0n) is 22.6. The Labute approximate surface area is 243 Å². The van der Waals surface area contributed by atoms with E-state index in [1.807, 2.05) is 48.2 Å². The van der Waals surface area contributed by atoms with Crippen molar-refractivity contribution < 1.29 is 19.0 Å². The summed E-state index contributed by atoms with van der Waals surface area (Å²) in [6.45, 7) is 7.60. The quantitative estimate of drug-likeness (QED) is 0.346. The predicted octanol–water partition coefficient (Wildman–Crippen LogP) is 6.46. The average molecular weight is 615 g/mol. The van der Waals surface area contributed by atoms with Crippen LogP contribution in [0.15, 0.2) is 63.5 Å². The van der Waals surface area contributed by atoms with E-state index in [0.29, 0.717) is 70.6 Å². The number of nitrogens with zero attached hydrogens (tertiary/aromatic N) is 2. The minimum absolute atomic E-state index is 0.0179. The third-order valence-electron chi connectivity index (χ3n) is 6.94. The molecule has 1 heterocycles. The number of Topliss-reactive ketones (excluding diaryl/α,β-unsaturated/α-hetero) is 1. The number of carbonyl (C=O) groups is 1. The predicted molar refractivity (Wildman–Crippen MR) is 154 cm³/mol. The van der Waals surface area contributed by atoms with E-state index >= 15 is 0 Å². The van der Waals surface area contributed by atoms with Crippen LogP contribution in [0.3, 0.4) is 0 Å². The Morgan fingerprint density at radius 2 is 2.00 bits per heavy atom. The molecule has 7 nitrogen and oxygen atoms in total.